The fourth-order valence-electron chi connectivity index (χ4n) is 1.84. The molecule has 0 aliphatic rings. The number of nitrogens with two attached hydrogens (primary N) is 1. The zero-order chi connectivity index (χ0) is 13.2. The molecule has 1 aromatic carbocycles. The number of nitrogens with zero attached hydrogens (tertiary/aromatic N) is 1. The van der Waals surface area contributed by atoms with E-state index in [0.717, 1.165) is 20.5 Å². The average molecular weight is 310 g/mol. The number of thiophene rings is 1. The molecule has 1 unspecified atom stereocenters. The van der Waals surface area contributed by atoms with Crippen molar-refractivity contribution in [3.63, 3.8) is 0 Å². The van der Waals surface area contributed by atoms with Crippen molar-refractivity contribution in [3.8, 4) is 0 Å². The van der Waals surface area contributed by atoms with Crippen LogP contribution in [0.1, 0.15) is 10.1 Å². The summed E-state index contributed by atoms with van der Waals surface area (Å²) < 4.78 is 0.790. The molecule has 2 heterocycles. The number of hydrogen-bond donors (Lipinski definition) is 2. The quantitative estimate of drug-likeness (QED) is 0.714. The van der Waals surface area contributed by atoms with Crippen LogP contribution in [-0.2, 0) is 0 Å². The highest BCUT2D eigenvalue weighted by Crippen LogP contribution is 2.38. The molecule has 0 fully saturated rings. The SMILES string of the molecule is NCC(Sc1nc2ccccc2[nH]1)c1ccc(Cl)s1. The Morgan fingerprint density at radius 3 is 2.84 bits per heavy atom. The third kappa shape index (κ3) is 2.79. The van der Waals surface area contributed by atoms with Gasteiger partial charge in [-0.15, -0.1) is 11.3 Å². The van der Waals surface area contributed by atoms with Crippen molar-refractivity contribution in [2.45, 2.75) is 10.4 Å². The fourth-order valence-corrected chi connectivity index (χ4v) is 4.07. The normalized spacial score (nSPS) is 12.9. The van der Waals surface area contributed by atoms with Gasteiger partial charge in [-0.2, -0.15) is 0 Å². The molecule has 19 heavy (non-hydrogen) atoms. The summed E-state index contributed by atoms with van der Waals surface area (Å²) in [7, 11) is 0. The Labute approximate surface area is 124 Å². The Hall–Kier alpha value is -1.01. The summed E-state index contributed by atoms with van der Waals surface area (Å²) in [6.45, 7) is 0.554. The number of H-pyrrole nitrogens is 1. The lowest BCUT2D eigenvalue weighted by molar-refractivity contribution is 0.946. The molecule has 0 saturated heterocycles. The molecule has 0 aliphatic heterocycles. The second-order valence-electron chi connectivity index (χ2n) is 4.04. The van der Waals surface area contributed by atoms with E-state index in [-0.39, 0.29) is 5.25 Å². The van der Waals surface area contributed by atoms with E-state index >= 15 is 0 Å². The van der Waals surface area contributed by atoms with Crippen LogP contribution in [-0.4, -0.2) is 16.5 Å². The van der Waals surface area contributed by atoms with Crippen molar-refractivity contribution < 1.29 is 0 Å². The lowest BCUT2D eigenvalue weighted by atomic mass is 10.3. The molecule has 0 spiro atoms. The van der Waals surface area contributed by atoms with Gasteiger partial charge < -0.3 is 10.7 Å². The van der Waals surface area contributed by atoms with Crippen LogP contribution in [0.25, 0.3) is 11.0 Å². The molecular formula is C13H12ClN3S2. The number of rotatable bonds is 4. The van der Waals surface area contributed by atoms with E-state index in [2.05, 4.69) is 9.97 Å². The number of fused-ring (bicyclic) bond motifs is 1. The molecule has 98 valence electrons. The monoisotopic (exact) mass is 309 g/mol. The molecule has 2 aromatic heterocycles. The first kappa shape index (κ1) is 13.0. The van der Waals surface area contributed by atoms with Gasteiger partial charge in [0.05, 0.1) is 20.6 Å². The molecule has 3 nitrogen and oxygen atoms in total. The number of hydrogen-bond acceptors (Lipinski definition) is 4. The van der Waals surface area contributed by atoms with E-state index in [1.54, 1.807) is 23.1 Å². The van der Waals surface area contributed by atoms with Gasteiger partial charge in [0.15, 0.2) is 5.16 Å². The number of halogens is 1. The molecule has 3 N–H and O–H groups in total. The number of para-hydroxylation sites is 2. The van der Waals surface area contributed by atoms with Gasteiger partial charge >= 0.3 is 0 Å². The van der Waals surface area contributed by atoms with Crippen LogP contribution < -0.4 is 5.73 Å². The Bertz CT molecular complexity index is 659. The maximum absolute atomic E-state index is 5.97. The second kappa shape index (κ2) is 5.54. The van der Waals surface area contributed by atoms with Gasteiger partial charge in [-0.1, -0.05) is 35.5 Å². The number of nitrogens with one attached hydrogen (secondary N) is 1. The zero-order valence-corrected chi connectivity index (χ0v) is 12.4. The summed E-state index contributed by atoms with van der Waals surface area (Å²) in [4.78, 5) is 9.04. The van der Waals surface area contributed by atoms with Crippen LogP contribution >= 0.6 is 34.7 Å². The van der Waals surface area contributed by atoms with E-state index in [1.807, 2.05) is 36.4 Å². The van der Waals surface area contributed by atoms with Crippen molar-refractivity contribution in [3.05, 3.63) is 45.6 Å². The molecule has 3 rings (SSSR count). The van der Waals surface area contributed by atoms with Crippen LogP contribution in [0.2, 0.25) is 4.34 Å². The summed E-state index contributed by atoms with van der Waals surface area (Å²) in [5.41, 5.74) is 7.88. The van der Waals surface area contributed by atoms with Crippen LogP contribution in [0.3, 0.4) is 0 Å². The Balaban J connectivity index is 1.86. The van der Waals surface area contributed by atoms with E-state index in [4.69, 9.17) is 17.3 Å². The average Bonchev–Trinajstić information content (AvgIpc) is 3.01. The maximum Gasteiger partial charge on any atom is 0.167 e. The van der Waals surface area contributed by atoms with Gasteiger partial charge in [0, 0.05) is 11.4 Å². The summed E-state index contributed by atoms with van der Waals surface area (Å²) in [5, 5.41) is 1.07. The lowest BCUT2D eigenvalue weighted by Crippen LogP contribution is -2.08. The predicted molar refractivity (Wildman–Crippen MR) is 83.1 cm³/mol. The molecule has 0 radical (unpaired) electrons. The molecular weight excluding hydrogens is 298 g/mol. The minimum Gasteiger partial charge on any atom is -0.333 e. The van der Waals surface area contributed by atoms with Crippen molar-refractivity contribution in [1.82, 2.24) is 9.97 Å². The molecule has 0 saturated carbocycles. The predicted octanol–water partition coefficient (Wildman–Crippen LogP) is 4.07. The smallest absolute Gasteiger partial charge is 0.167 e. The molecule has 6 heteroatoms. The van der Waals surface area contributed by atoms with Crippen LogP contribution in [0.4, 0.5) is 0 Å². The topological polar surface area (TPSA) is 54.7 Å². The van der Waals surface area contributed by atoms with E-state index in [0.29, 0.717) is 6.54 Å². The van der Waals surface area contributed by atoms with Crippen LogP contribution in [0.5, 0.6) is 0 Å². The highest BCUT2D eigenvalue weighted by molar-refractivity contribution is 7.99. The maximum atomic E-state index is 5.97. The number of aromatic amines is 1. The van der Waals surface area contributed by atoms with Crippen LogP contribution in [0.15, 0.2) is 41.6 Å². The minimum atomic E-state index is 0.179. The third-order valence-electron chi connectivity index (χ3n) is 2.75. The highest BCUT2D eigenvalue weighted by atomic mass is 35.5. The lowest BCUT2D eigenvalue weighted by Gasteiger charge is -2.09. The van der Waals surface area contributed by atoms with E-state index in [1.165, 1.54) is 4.88 Å². The summed E-state index contributed by atoms with van der Waals surface area (Å²) in [5.74, 6) is 0. The van der Waals surface area contributed by atoms with E-state index in [9.17, 15) is 0 Å². The molecule has 0 amide bonds. The first-order valence-corrected chi connectivity index (χ1v) is 7.90. The zero-order valence-electron chi connectivity index (χ0n) is 9.97. The third-order valence-corrected chi connectivity index (χ3v) is 5.39. The summed E-state index contributed by atoms with van der Waals surface area (Å²) in [6.07, 6.45) is 0. The van der Waals surface area contributed by atoms with Crippen molar-refractivity contribution in [2.24, 2.45) is 5.73 Å². The number of aromatic nitrogens is 2. The van der Waals surface area contributed by atoms with Gasteiger partial charge in [-0.05, 0) is 24.3 Å². The highest BCUT2D eigenvalue weighted by Gasteiger charge is 2.16. The van der Waals surface area contributed by atoms with Crippen molar-refractivity contribution in [1.29, 1.82) is 0 Å². The second-order valence-corrected chi connectivity index (χ2v) is 6.98. The first-order chi connectivity index (χ1) is 9.26. The molecule has 1 atom stereocenters. The molecule has 3 aromatic rings. The largest absolute Gasteiger partial charge is 0.333 e. The number of imidazole rings is 1. The van der Waals surface area contributed by atoms with Gasteiger partial charge in [-0.3, -0.25) is 0 Å². The van der Waals surface area contributed by atoms with Gasteiger partial charge in [0.2, 0.25) is 0 Å². The number of thioether (sulfide) groups is 1. The standard InChI is InChI=1S/C13H12ClN3S2/c14-12-6-5-10(18-12)11(7-15)19-13-16-8-3-1-2-4-9(8)17-13/h1-6,11H,7,15H2,(H,16,17). The number of benzene rings is 1. The van der Waals surface area contributed by atoms with Gasteiger partial charge in [0.25, 0.3) is 0 Å². The summed E-state index contributed by atoms with van der Waals surface area (Å²) >= 11 is 9.18. The van der Waals surface area contributed by atoms with E-state index < -0.39 is 0 Å². The van der Waals surface area contributed by atoms with Gasteiger partial charge in [0.1, 0.15) is 0 Å². The first-order valence-electron chi connectivity index (χ1n) is 5.83. The fraction of sp³-hybridized carbons (Fsp3) is 0.154. The van der Waals surface area contributed by atoms with Crippen molar-refractivity contribution >= 4 is 45.7 Å². The Morgan fingerprint density at radius 1 is 1.32 bits per heavy atom. The van der Waals surface area contributed by atoms with Gasteiger partial charge in [-0.25, -0.2) is 4.98 Å². The summed E-state index contributed by atoms with van der Waals surface area (Å²) in [6, 6.07) is 11.9. The Morgan fingerprint density at radius 2 is 2.16 bits per heavy atom. The Kier molecular flexibility index (Phi) is 3.79. The molecule has 0 aliphatic carbocycles. The minimum absolute atomic E-state index is 0.179. The molecule has 0 bridgehead atoms. The van der Waals surface area contributed by atoms with Crippen LogP contribution in [0, 0.1) is 0 Å². The van der Waals surface area contributed by atoms with Crippen molar-refractivity contribution in [2.75, 3.05) is 6.54 Å².